The van der Waals surface area contributed by atoms with Gasteiger partial charge >= 0.3 is 0 Å². The van der Waals surface area contributed by atoms with Gasteiger partial charge in [0.1, 0.15) is 17.7 Å². The Kier molecular flexibility index (Phi) is 2.93. The first kappa shape index (κ1) is 11.0. The van der Waals surface area contributed by atoms with E-state index in [0.29, 0.717) is 17.6 Å². The lowest BCUT2D eigenvalue weighted by Crippen LogP contribution is -2.17. The molecule has 0 aromatic heterocycles. The largest absolute Gasteiger partial charge is 0.192 e. The van der Waals surface area contributed by atoms with Gasteiger partial charge in [-0.3, -0.25) is 0 Å². The summed E-state index contributed by atoms with van der Waals surface area (Å²) in [5.41, 5.74) is 1.16. The summed E-state index contributed by atoms with van der Waals surface area (Å²) >= 11 is 0. The zero-order valence-corrected chi connectivity index (χ0v) is 8.83. The molecule has 1 rings (SSSR count). The van der Waals surface area contributed by atoms with Crippen LogP contribution >= 0.6 is 0 Å². The summed E-state index contributed by atoms with van der Waals surface area (Å²) in [6, 6.07) is 5.74. The highest BCUT2D eigenvalue weighted by Gasteiger charge is 2.27. The summed E-state index contributed by atoms with van der Waals surface area (Å²) in [6.07, 6.45) is 3.24. The average molecular weight is 197 g/mol. The fourth-order valence-corrected chi connectivity index (χ4v) is 1.64. The fraction of sp³-hybridized carbons (Fsp3) is 0.417. The van der Waals surface area contributed by atoms with Crippen molar-refractivity contribution in [3.05, 3.63) is 22.8 Å². The summed E-state index contributed by atoms with van der Waals surface area (Å²) in [4.78, 5) is 0. The van der Waals surface area contributed by atoms with Crippen LogP contribution in [0.15, 0.2) is 22.8 Å². The topological polar surface area (TPSA) is 71.4 Å². The van der Waals surface area contributed by atoms with Crippen molar-refractivity contribution in [1.29, 1.82) is 15.8 Å². The molecule has 0 heterocycles. The predicted octanol–water partition coefficient (Wildman–Crippen LogP) is 2.60. The quantitative estimate of drug-likeness (QED) is 0.560. The highest BCUT2D eigenvalue weighted by molar-refractivity contribution is 5.55. The summed E-state index contributed by atoms with van der Waals surface area (Å²) in [5.74, 6) is 0. The van der Waals surface area contributed by atoms with Gasteiger partial charge in [0.15, 0.2) is 0 Å². The molecule has 0 aliphatic heterocycles. The molecule has 0 saturated heterocycles. The molecule has 0 N–H and O–H groups in total. The summed E-state index contributed by atoms with van der Waals surface area (Å²) in [6.45, 7) is 4.12. The van der Waals surface area contributed by atoms with Crippen LogP contribution in [0.4, 0.5) is 0 Å². The van der Waals surface area contributed by atoms with Crippen LogP contribution < -0.4 is 0 Å². The Bertz CT molecular complexity index is 443. The first-order chi connectivity index (χ1) is 7.04. The van der Waals surface area contributed by atoms with Crippen LogP contribution in [0.25, 0.3) is 0 Å². The first-order valence-electron chi connectivity index (χ1n) is 4.68. The lowest BCUT2D eigenvalue weighted by Gasteiger charge is -2.28. The van der Waals surface area contributed by atoms with E-state index in [2.05, 4.69) is 13.8 Å². The van der Waals surface area contributed by atoms with Gasteiger partial charge in [0.25, 0.3) is 0 Å². The molecule has 0 radical (unpaired) electrons. The van der Waals surface area contributed by atoms with E-state index in [0.717, 1.165) is 6.42 Å². The average Bonchev–Trinajstić information content (AvgIpc) is 2.19. The van der Waals surface area contributed by atoms with Crippen molar-refractivity contribution in [2.75, 3.05) is 0 Å². The van der Waals surface area contributed by atoms with E-state index in [9.17, 15) is 0 Å². The fourth-order valence-electron chi connectivity index (χ4n) is 1.64. The molecular weight excluding hydrogens is 186 g/mol. The number of nitriles is 3. The van der Waals surface area contributed by atoms with Crippen molar-refractivity contribution in [2.24, 2.45) is 5.41 Å². The third-order valence-electron chi connectivity index (χ3n) is 2.49. The minimum atomic E-state index is 0.0225. The predicted molar refractivity (Wildman–Crippen MR) is 55.0 cm³/mol. The number of nitrogens with zero attached hydrogens (tertiary/aromatic N) is 3. The lowest BCUT2D eigenvalue weighted by molar-refractivity contribution is 0.359. The third-order valence-corrected chi connectivity index (χ3v) is 2.49. The van der Waals surface area contributed by atoms with Crippen LogP contribution in [-0.4, -0.2) is 0 Å². The zero-order valence-electron chi connectivity index (χ0n) is 8.83. The summed E-state index contributed by atoms with van der Waals surface area (Å²) in [7, 11) is 0. The van der Waals surface area contributed by atoms with Gasteiger partial charge < -0.3 is 0 Å². The maximum absolute atomic E-state index is 8.90. The van der Waals surface area contributed by atoms with E-state index in [-0.39, 0.29) is 11.0 Å². The van der Waals surface area contributed by atoms with E-state index in [1.54, 1.807) is 0 Å². The van der Waals surface area contributed by atoms with Crippen LogP contribution in [0.3, 0.4) is 0 Å². The first-order valence-corrected chi connectivity index (χ1v) is 4.68. The van der Waals surface area contributed by atoms with Crippen LogP contribution in [0.5, 0.6) is 0 Å². The van der Waals surface area contributed by atoms with Gasteiger partial charge in [-0.2, -0.15) is 15.8 Å². The third kappa shape index (κ3) is 2.25. The molecule has 0 fully saturated rings. The number of allylic oxidation sites excluding steroid dienone is 4. The molecule has 0 aromatic carbocycles. The minimum Gasteiger partial charge on any atom is -0.192 e. The van der Waals surface area contributed by atoms with E-state index >= 15 is 0 Å². The van der Waals surface area contributed by atoms with Crippen molar-refractivity contribution in [3.63, 3.8) is 0 Å². The zero-order chi connectivity index (χ0) is 11.5. The molecule has 3 heteroatoms. The standard InChI is InChI=1S/C12H11N3/c1-12(2)4-3-9(6-13)11(5-12)10(7-14)8-15/h3H,4-5H2,1-2H3. The molecule has 0 spiro atoms. The summed E-state index contributed by atoms with van der Waals surface area (Å²) < 4.78 is 0. The maximum atomic E-state index is 8.90. The molecule has 15 heavy (non-hydrogen) atoms. The van der Waals surface area contributed by atoms with Gasteiger partial charge in [-0.15, -0.1) is 0 Å². The highest BCUT2D eigenvalue weighted by Crippen LogP contribution is 2.38. The van der Waals surface area contributed by atoms with Crippen molar-refractivity contribution in [3.8, 4) is 18.2 Å². The van der Waals surface area contributed by atoms with Gasteiger partial charge in [-0.25, -0.2) is 0 Å². The van der Waals surface area contributed by atoms with Gasteiger partial charge in [0.05, 0.1) is 11.6 Å². The minimum absolute atomic E-state index is 0.0225. The van der Waals surface area contributed by atoms with Gasteiger partial charge in [0.2, 0.25) is 0 Å². The molecular formula is C12H11N3. The molecule has 0 bridgehead atoms. The van der Waals surface area contributed by atoms with Crippen molar-refractivity contribution < 1.29 is 0 Å². The van der Waals surface area contributed by atoms with Crippen molar-refractivity contribution in [2.45, 2.75) is 26.7 Å². The van der Waals surface area contributed by atoms with Gasteiger partial charge in [-0.1, -0.05) is 19.9 Å². The number of hydrogen-bond donors (Lipinski definition) is 0. The number of rotatable bonds is 0. The second-order valence-corrected chi connectivity index (χ2v) is 4.35. The SMILES string of the molecule is CC1(C)CC=C(C#N)C(=C(C#N)C#N)C1. The second kappa shape index (κ2) is 3.99. The van der Waals surface area contributed by atoms with Gasteiger partial charge in [-0.05, 0) is 23.8 Å². The maximum Gasteiger partial charge on any atom is 0.134 e. The Morgan fingerprint density at radius 2 is 1.87 bits per heavy atom. The van der Waals surface area contributed by atoms with E-state index < -0.39 is 0 Å². The summed E-state index contributed by atoms with van der Waals surface area (Å²) in [5, 5.41) is 26.5. The van der Waals surface area contributed by atoms with Crippen LogP contribution in [0.2, 0.25) is 0 Å². The molecule has 0 unspecified atom stereocenters. The van der Waals surface area contributed by atoms with Crippen molar-refractivity contribution in [1.82, 2.24) is 0 Å². The highest BCUT2D eigenvalue weighted by atomic mass is 14.4. The molecule has 1 aliphatic rings. The van der Waals surface area contributed by atoms with Crippen LogP contribution in [0.1, 0.15) is 26.7 Å². The molecule has 0 atom stereocenters. The lowest BCUT2D eigenvalue weighted by atomic mass is 9.74. The molecule has 3 nitrogen and oxygen atoms in total. The van der Waals surface area contributed by atoms with E-state index in [1.807, 2.05) is 24.3 Å². The number of hydrogen-bond acceptors (Lipinski definition) is 3. The van der Waals surface area contributed by atoms with E-state index in [1.165, 1.54) is 0 Å². The van der Waals surface area contributed by atoms with Crippen LogP contribution in [0, 0.1) is 39.4 Å². The Labute approximate surface area is 89.5 Å². The monoisotopic (exact) mass is 197 g/mol. The Morgan fingerprint density at radius 3 is 2.33 bits per heavy atom. The van der Waals surface area contributed by atoms with Crippen LogP contribution in [-0.2, 0) is 0 Å². The molecule has 1 aliphatic carbocycles. The van der Waals surface area contributed by atoms with E-state index in [4.69, 9.17) is 15.8 Å². The molecule has 0 aromatic rings. The Balaban J connectivity index is 3.31. The Hall–Kier alpha value is -2.05. The van der Waals surface area contributed by atoms with Gasteiger partial charge in [0, 0.05) is 0 Å². The second-order valence-electron chi connectivity index (χ2n) is 4.35. The molecule has 0 amide bonds. The van der Waals surface area contributed by atoms with Crippen molar-refractivity contribution >= 4 is 0 Å². The Morgan fingerprint density at radius 1 is 1.27 bits per heavy atom. The molecule has 0 saturated carbocycles. The molecule has 74 valence electrons. The smallest absolute Gasteiger partial charge is 0.134 e. The normalized spacial score (nSPS) is 18.1.